The van der Waals surface area contributed by atoms with Crippen molar-refractivity contribution in [1.82, 2.24) is 19.9 Å². The highest BCUT2D eigenvalue weighted by atomic mass is 32.1. The quantitative estimate of drug-likeness (QED) is 0.901. The fourth-order valence-corrected chi connectivity index (χ4v) is 3.03. The van der Waals surface area contributed by atoms with Gasteiger partial charge < -0.3 is 10.6 Å². The first-order valence-electron chi connectivity index (χ1n) is 6.75. The maximum atomic E-state index is 5.64. The second-order valence-corrected chi connectivity index (χ2v) is 5.95. The molecule has 3 rings (SSSR count). The molecule has 0 spiro atoms. The van der Waals surface area contributed by atoms with Crippen LogP contribution in [0.1, 0.15) is 4.88 Å². The molecule has 106 valence electrons. The van der Waals surface area contributed by atoms with Gasteiger partial charge in [0.15, 0.2) is 5.13 Å². The number of thiazole rings is 1. The molecule has 1 fully saturated rings. The molecule has 0 atom stereocenters. The van der Waals surface area contributed by atoms with Gasteiger partial charge in [-0.3, -0.25) is 9.88 Å². The van der Waals surface area contributed by atoms with Crippen molar-refractivity contribution in [2.75, 3.05) is 43.4 Å². The predicted molar refractivity (Wildman–Crippen MR) is 80.9 cm³/mol. The molecule has 6 nitrogen and oxygen atoms in total. The van der Waals surface area contributed by atoms with Crippen molar-refractivity contribution in [3.05, 3.63) is 29.7 Å². The number of aromatic nitrogens is 3. The summed E-state index contributed by atoms with van der Waals surface area (Å²) in [7, 11) is 0. The summed E-state index contributed by atoms with van der Waals surface area (Å²) in [6, 6.07) is 0. The van der Waals surface area contributed by atoms with Crippen LogP contribution in [0.5, 0.6) is 0 Å². The molecule has 3 heterocycles. The lowest BCUT2D eigenvalue weighted by Gasteiger charge is -2.35. The molecule has 7 heteroatoms. The molecule has 2 aromatic heterocycles. The highest BCUT2D eigenvalue weighted by Crippen LogP contribution is 2.16. The van der Waals surface area contributed by atoms with E-state index in [1.165, 1.54) is 4.88 Å². The number of nitrogens with two attached hydrogens (primary N) is 1. The van der Waals surface area contributed by atoms with Gasteiger partial charge in [0.2, 0.25) is 0 Å². The Labute approximate surface area is 122 Å². The Hall–Kier alpha value is -1.73. The van der Waals surface area contributed by atoms with Gasteiger partial charge in [-0.15, -0.1) is 11.3 Å². The first-order chi connectivity index (χ1) is 9.81. The summed E-state index contributed by atoms with van der Waals surface area (Å²) in [4.78, 5) is 18.6. The fraction of sp³-hybridized carbons (Fsp3) is 0.462. The van der Waals surface area contributed by atoms with E-state index in [4.69, 9.17) is 5.73 Å². The highest BCUT2D eigenvalue weighted by Gasteiger charge is 2.17. The average molecular weight is 290 g/mol. The van der Waals surface area contributed by atoms with E-state index in [2.05, 4.69) is 24.8 Å². The summed E-state index contributed by atoms with van der Waals surface area (Å²) < 4.78 is 0. The van der Waals surface area contributed by atoms with Crippen LogP contribution in [0.4, 0.5) is 10.9 Å². The average Bonchev–Trinajstić information content (AvgIpc) is 2.92. The largest absolute Gasteiger partial charge is 0.375 e. The Balaban J connectivity index is 1.47. The zero-order valence-electron chi connectivity index (χ0n) is 11.3. The number of anilines is 2. The molecule has 1 saturated heterocycles. The molecule has 1 aliphatic rings. The minimum atomic E-state index is 0.660. The Morgan fingerprint density at radius 3 is 2.60 bits per heavy atom. The zero-order valence-corrected chi connectivity index (χ0v) is 12.1. The van der Waals surface area contributed by atoms with E-state index in [0.29, 0.717) is 5.13 Å². The van der Waals surface area contributed by atoms with Gasteiger partial charge in [0.25, 0.3) is 0 Å². The Morgan fingerprint density at radius 2 is 1.95 bits per heavy atom. The molecule has 0 unspecified atom stereocenters. The lowest BCUT2D eigenvalue weighted by molar-refractivity contribution is 0.261. The molecule has 0 amide bonds. The van der Waals surface area contributed by atoms with Gasteiger partial charge in [0, 0.05) is 56.2 Å². The first kappa shape index (κ1) is 13.3. The number of nitrogen functional groups attached to an aromatic ring is 1. The van der Waals surface area contributed by atoms with Gasteiger partial charge in [0.05, 0.1) is 6.20 Å². The van der Waals surface area contributed by atoms with E-state index in [-0.39, 0.29) is 0 Å². The van der Waals surface area contributed by atoms with Gasteiger partial charge in [0.1, 0.15) is 5.82 Å². The normalized spacial score (nSPS) is 16.5. The second kappa shape index (κ2) is 6.15. The molecule has 1 aliphatic heterocycles. The van der Waals surface area contributed by atoms with Crippen LogP contribution < -0.4 is 10.6 Å². The lowest BCUT2D eigenvalue weighted by atomic mass is 10.3. The summed E-state index contributed by atoms with van der Waals surface area (Å²) in [5, 5.41) is 0.660. The van der Waals surface area contributed by atoms with Gasteiger partial charge in [-0.25, -0.2) is 9.97 Å². The maximum absolute atomic E-state index is 5.64. The van der Waals surface area contributed by atoms with Crippen molar-refractivity contribution in [3.8, 4) is 0 Å². The van der Waals surface area contributed by atoms with Crippen LogP contribution in [0.3, 0.4) is 0 Å². The van der Waals surface area contributed by atoms with E-state index < -0.39 is 0 Å². The fourth-order valence-electron chi connectivity index (χ4n) is 2.36. The minimum absolute atomic E-state index is 0.660. The maximum Gasteiger partial charge on any atom is 0.180 e. The van der Waals surface area contributed by atoms with Crippen molar-refractivity contribution < 1.29 is 0 Å². The van der Waals surface area contributed by atoms with Gasteiger partial charge in [-0.2, -0.15) is 0 Å². The van der Waals surface area contributed by atoms with E-state index in [1.807, 2.05) is 12.4 Å². The van der Waals surface area contributed by atoms with Crippen molar-refractivity contribution >= 4 is 22.3 Å². The molecular formula is C13H18N6S. The van der Waals surface area contributed by atoms with Crippen LogP contribution in [0, 0.1) is 0 Å². The summed E-state index contributed by atoms with van der Waals surface area (Å²) >= 11 is 1.59. The van der Waals surface area contributed by atoms with Gasteiger partial charge in [-0.1, -0.05) is 0 Å². The van der Waals surface area contributed by atoms with Crippen LogP contribution in [-0.2, 0) is 6.42 Å². The topological polar surface area (TPSA) is 71.2 Å². The number of nitrogens with zero attached hydrogens (tertiary/aromatic N) is 5. The standard InChI is InChI=1S/C13H18N6S/c14-13-17-9-11(20-13)1-4-18-5-7-19(8-6-18)12-10-15-2-3-16-12/h2-3,9-10H,1,4-8H2,(H2,14,17). The van der Waals surface area contributed by atoms with Crippen molar-refractivity contribution in [2.45, 2.75) is 6.42 Å². The molecule has 2 N–H and O–H groups in total. The second-order valence-electron chi connectivity index (χ2n) is 4.81. The number of piperazine rings is 1. The molecule has 20 heavy (non-hydrogen) atoms. The van der Waals surface area contributed by atoms with Crippen molar-refractivity contribution in [2.24, 2.45) is 0 Å². The van der Waals surface area contributed by atoms with Crippen LogP contribution in [-0.4, -0.2) is 52.6 Å². The number of hydrogen-bond acceptors (Lipinski definition) is 7. The molecular weight excluding hydrogens is 272 g/mol. The molecule has 2 aromatic rings. The van der Waals surface area contributed by atoms with E-state index in [9.17, 15) is 0 Å². The summed E-state index contributed by atoms with van der Waals surface area (Å²) in [5.41, 5.74) is 5.64. The third kappa shape index (κ3) is 3.23. The van der Waals surface area contributed by atoms with Crippen LogP contribution in [0.25, 0.3) is 0 Å². The van der Waals surface area contributed by atoms with Crippen molar-refractivity contribution in [3.63, 3.8) is 0 Å². The highest BCUT2D eigenvalue weighted by molar-refractivity contribution is 7.15. The SMILES string of the molecule is Nc1ncc(CCN2CCN(c3cnccn3)CC2)s1. The van der Waals surface area contributed by atoms with Crippen LogP contribution in [0.15, 0.2) is 24.8 Å². The number of rotatable bonds is 4. The van der Waals surface area contributed by atoms with E-state index in [1.54, 1.807) is 23.7 Å². The first-order valence-corrected chi connectivity index (χ1v) is 7.56. The molecule has 0 aromatic carbocycles. The van der Waals surface area contributed by atoms with Gasteiger partial charge >= 0.3 is 0 Å². The van der Waals surface area contributed by atoms with E-state index in [0.717, 1.165) is 45.0 Å². The number of hydrogen-bond donors (Lipinski definition) is 1. The molecule has 0 saturated carbocycles. The van der Waals surface area contributed by atoms with Crippen molar-refractivity contribution in [1.29, 1.82) is 0 Å². The third-order valence-corrected chi connectivity index (χ3v) is 4.38. The Kier molecular flexibility index (Phi) is 4.08. The third-order valence-electron chi connectivity index (χ3n) is 3.49. The lowest BCUT2D eigenvalue weighted by Crippen LogP contribution is -2.47. The minimum Gasteiger partial charge on any atom is -0.375 e. The summed E-state index contributed by atoms with van der Waals surface area (Å²) in [5.74, 6) is 0.974. The van der Waals surface area contributed by atoms with Gasteiger partial charge in [-0.05, 0) is 6.42 Å². The monoisotopic (exact) mass is 290 g/mol. The summed E-state index contributed by atoms with van der Waals surface area (Å²) in [6.45, 7) is 5.19. The Bertz CT molecular complexity index is 535. The van der Waals surface area contributed by atoms with E-state index >= 15 is 0 Å². The molecule has 0 aliphatic carbocycles. The molecule has 0 radical (unpaired) electrons. The Morgan fingerprint density at radius 1 is 1.10 bits per heavy atom. The van der Waals surface area contributed by atoms with Crippen LogP contribution in [0.2, 0.25) is 0 Å². The zero-order chi connectivity index (χ0) is 13.8. The smallest absolute Gasteiger partial charge is 0.180 e. The van der Waals surface area contributed by atoms with Crippen LogP contribution >= 0.6 is 11.3 Å². The molecule has 0 bridgehead atoms. The predicted octanol–water partition coefficient (Wildman–Crippen LogP) is 0.880. The summed E-state index contributed by atoms with van der Waals surface area (Å²) in [6.07, 6.45) is 8.20.